The lowest BCUT2D eigenvalue weighted by Gasteiger charge is -2.46. The van der Waals surface area contributed by atoms with Crippen molar-refractivity contribution in [1.29, 1.82) is 0 Å². The average Bonchev–Trinajstić information content (AvgIpc) is 2.76. The van der Waals surface area contributed by atoms with E-state index < -0.39 is 0 Å². The Labute approximate surface area is 113 Å². The highest BCUT2D eigenvalue weighted by atomic mass is 16.5. The summed E-state index contributed by atoms with van der Waals surface area (Å²) in [5.41, 5.74) is 3.61. The molecule has 0 aromatic heterocycles. The van der Waals surface area contributed by atoms with Crippen LogP contribution in [0.2, 0.25) is 0 Å². The minimum absolute atomic E-state index is 0.0299. The summed E-state index contributed by atoms with van der Waals surface area (Å²) in [6.45, 7) is 8.96. The summed E-state index contributed by atoms with van der Waals surface area (Å²) in [7, 11) is 0. The standard InChI is InChI=1S/C16H19NO2/c1-5-19-13(18)16-9-14(3)12-10(2)7-6-8-11(12)15(16,4)17(14)16/h6-8H,5,9H2,1-4H3/t14-,15-,16?,17?/m1/s1. The minimum Gasteiger partial charge on any atom is -0.465 e. The van der Waals surface area contributed by atoms with E-state index in [-0.39, 0.29) is 22.6 Å². The van der Waals surface area contributed by atoms with E-state index in [2.05, 4.69) is 43.9 Å². The second kappa shape index (κ2) is 2.88. The van der Waals surface area contributed by atoms with Gasteiger partial charge in [0, 0.05) is 12.0 Å². The van der Waals surface area contributed by atoms with Crippen LogP contribution in [-0.4, -0.2) is 23.0 Å². The second-order valence-electron chi connectivity index (χ2n) is 6.44. The third-order valence-electron chi connectivity index (χ3n) is 5.63. The van der Waals surface area contributed by atoms with E-state index in [1.165, 1.54) is 16.7 Å². The summed E-state index contributed by atoms with van der Waals surface area (Å²) >= 11 is 0. The van der Waals surface area contributed by atoms with Crippen LogP contribution in [0.4, 0.5) is 0 Å². The molecule has 0 N–H and O–H groups in total. The van der Waals surface area contributed by atoms with Crippen LogP contribution in [0.15, 0.2) is 18.2 Å². The molecule has 3 aliphatic heterocycles. The van der Waals surface area contributed by atoms with Crippen molar-refractivity contribution >= 4 is 5.97 Å². The number of esters is 1. The van der Waals surface area contributed by atoms with Crippen molar-refractivity contribution in [3.63, 3.8) is 0 Å². The molecule has 0 saturated carbocycles. The van der Waals surface area contributed by atoms with Gasteiger partial charge in [0.15, 0.2) is 0 Å². The van der Waals surface area contributed by atoms with Crippen molar-refractivity contribution in [2.45, 2.75) is 50.7 Å². The van der Waals surface area contributed by atoms with Gasteiger partial charge in [-0.1, -0.05) is 18.2 Å². The van der Waals surface area contributed by atoms with E-state index in [4.69, 9.17) is 4.74 Å². The summed E-state index contributed by atoms with van der Waals surface area (Å²) in [4.78, 5) is 14.7. The molecule has 4 atom stereocenters. The Kier molecular flexibility index (Phi) is 1.74. The van der Waals surface area contributed by atoms with Crippen molar-refractivity contribution in [3.05, 3.63) is 34.9 Å². The van der Waals surface area contributed by atoms with E-state index >= 15 is 0 Å². The van der Waals surface area contributed by atoms with Gasteiger partial charge in [-0.25, -0.2) is 4.79 Å². The van der Waals surface area contributed by atoms with Gasteiger partial charge in [0.1, 0.15) is 5.54 Å². The Morgan fingerprint density at radius 2 is 2.16 bits per heavy atom. The summed E-state index contributed by atoms with van der Waals surface area (Å²) in [6, 6.07) is 6.45. The van der Waals surface area contributed by atoms with E-state index in [0.717, 1.165) is 6.42 Å². The number of ether oxygens (including phenoxy) is 1. The molecule has 0 radical (unpaired) electrons. The number of nitrogens with zero attached hydrogens (tertiary/aromatic N) is 1. The minimum atomic E-state index is -0.376. The summed E-state index contributed by atoms with van der Waals surface area (Å²) in [5.74, 6) is -0.0397. The molecule has 0 aliphatic carbocycles. The highest BCUT2D eigenvalue weighted by molar-refractivity contribution is 5.93. The lowest BCUT2D eigenvalue weighted by atomic mass is 9.65. The maximum Gasteiger partial charge on any atom is 0.328 e. The van der Waals surface area contributed by atoms with Gasteiger partial charge in [-0.05, 0) is 44.4 Å². The molecule has 100 valence electrons. The number of hydrogen-bond donors (Lipinski definition) is 0. The molecule has 1 aromatic rings. The Morgan fingerprint density at radius 3 is 2.84 bits per heavy atom. The van der Waals surface area contributed by atoms with Gasteiger partial charge in [-0.15, -0.1) is 0 Å². The second-order valence-corrected chi connectivity index (χ2v) is 6.44. The number of benzene rings is 1. The molecule has 0 bridgehead atoms. The smallest absolute Gasteiger partial charge is 0.328 e. The topological polar surface area (TPSA) is 29.3 Å². The third kappa shape index (κ3) is 0.855. The van der Waals surface area contributed by atoms with Crippen LogP contribution in [0, 0.1) is 6.92 Å². The van der Waals surface area contributed by atoms with Crippen LogP contribution < -0.4 is 0 Å². The van der Waals surface area contributed by atoms with Crippen molar-refractivity contribution in [1.82, 2.24) is 4.90 Å². The summed E-state index contributed by atoms with van der Waals surface area (Å²) in [5, 5.41) is 0. The zero-order chi connectivity index (χ0) is 13.6. The van der Waals surface area contributed by atoms with Crippen LogP contribution in [0.1, 0.15) is 43.9 Å². The average molecular weight is 257 g/mol. The Hall–Kier alpha value is -1.35. The van der Waals surface area contributed by atoms with Gasteiger partial charge >= 0.3 is 5.97 Å². The van der Waals surface area contributed by atoms with Crippen LogP contribution in [0.5, 0.6) is 0 Å². The van der Waals surface area contributed by atoms with E-state index in [1.807, 2.05) is 6.92 Å². The molecule has 19 heavy (non-hydrogen) atoms. The Balaban J connectivity index is 1.88. The van der Waals surface area contributed by atoms with Crippen LogP contribution >= 0.6 is 0 Å². The fourth-order valence-corrected chi connectivity index (χ4v) is 5.13. The summed E-state index contributed by atoms with van der Waals surface area (Å²) < 4.78 is 5.32. The highest BCUT2D eigenvalue weighted by Crippen LogP contribution is 2.82. The fourth-order valence-electron chi connectivity index (χ4n) is 5.13. The number of hydrogen-bond acceptors (Lipinski definition) is 3. The van der Waals surface area contributed by atoms with Gasteiger partial charge in [0.25, 0.3) is 0 Å². The van der Waals surface area contributed by atoms with Crippen molar-refractivity contribution in [3.8, 4) is 0 Å². The van der Waals surface area contributed by atoms with Gasteiger partial charge in [0.05, 0.1) is 12.1 Å². The first-order valence-electron chi connectivity index (χ1n) is 7.03. The molecule has 0 spiro atoms. The van der Waals surface area contributed by atoms with Crippen LogP contribution in [0.25, 0.3) is 0 Å². The zero-order valence-corrected chi connectivity index (χ0v) is 11.9. The molecule has 3 heterocycles. The molecule has 2 unspecified atom stereocenters. The molecule has 4 rings (SSSR count). The Morgan fingerprint density at radius 1 is 1.42 bits per heavy atom. The van der Waals surface area contributed by atoms with Gasteiger partial charge in [-0.2, -0.15) is 0 Å². The molecule has 3 nitrogen and oxygen atoms in total. The Bertz CT molecular complexity index is 625. The molecule has 2 saturated heterocycles. The SMILES string of the molecule is CCOC(=O)C12C[C@]3(C)c4c(C)cccc4[C@@]1(C)N23. The van der Waals surface area contributed by atoms with Gasteiger partial charge < -0.3 is 4.74 Å². The maximum atomic E-state index is 12.4. The number of fused-ring (bicyclic) bond motifs is 4. The fraction of sp³-hybridized carbons (Fsp3) is 0.562. The molecule has 2 fully saturated rings. The largest absolute Gasteiger partial charge is 0.465 e. The maximum absolute atomic E-state index is 12.4. The number of carbonyl (C=O) groups is 1. The first-order valence-corrected chi connectivity index (χ1v) is 7.03. The number of aryl methyl sites for hydroxylation is 1. The van der Waals surface area contributed by atoms with Gasteiger partial charge in [0.2, 0.25) is 0 Å². The van der Waals surface area contributed by atoms with Crippen LogP contribution in [-0.2, 0) is 20.6 Å². The first-order chi connectivity index (χ1) is 8.94. The summed E-state index contributed by atoms with van der Waals surface area (Å²) in [6.07, 6.45) is 0.896. The highest BCUT2D eigenvalue weighted by Gasteiger charge is 2.94. The van der Waals surface area contributed by atoms with E-state index in [9.17, 15) is 4.79 Å². The molecule has 1 aromatic carbocycles. The van der Waals surface area contributed by atoms with E-state index in [1.54, 1.807) is 0 Å². The van der Waals surface area contributed by atoms with Crippen molar-refractivity contribution < 1.29 is 9.53 Å². The zero-order valence-electron chi connectivity index (χ0n) is 11.9. The molecule has 0 amide bonds. The molecular formula is C16H19NO2. The molecule has 3 heteroatoms. The number of carbonyl (C=O) groups excluding carboxylic acids is 1. The van der Waals surface area contributed by atoms with Crippen LogP contribution in [0.3, 0.4) is 0 Å². The normalized spacial score (nSPS) is 44.1. The van der Waals surface area contributed by atoms with Gasteiger partial charge in [-0.3, -0.25) is 4.90 Å². The lowest BCUT2D eigenvalue weighted by molar-refractivity contribution is -0.155. The molecular weight excluding hydrogens is 238 g/mol. The third-order valence-corrected chi connectivity index (χ3v) is 5.63. The van der Waals surface area contributed by atoms with Crippen molar-refractivity contribution in [2.24, 2.45) is 0 Å². The molecule has 3 aliphatic rings. The first kappa shape index (κ1) is 11.5. The monoisotopic (exact) mass is 257 g/mol. The van der Waals surface area contributed by atoms with E-state index in [0.29, 0.717) is 6.61 Å². The van der Waals surface area contributed by atoms with Crippen molar-refractivity contribution in [2.75, 3.05) is 6.61 Å². The number of rotatable bonds is 2. The quantitative estimate of drug-likeness (QED) is 0.602. The lowest BCUT2D eigenvalue weighted by Crippen LogP contribution is -2.56. The predicted molar refractivity (Wildman–Crippen MR) is 71.7 cm³/mol. The predicted octanol–water partition coefficient (Wildman–Crippen LogP) is 2.46.